The molecule has 2 amide bonds. The molecule has 0 aliphatic carbocycles. The lowest BCUT2D eigenvalue weighted by Gasteiger charge is -2.31. The van der Waals surface area contributed by atoms with Crippen LogP contribution in [0.15, 0.2) is 16.1 Å². The minimum Gasteiger partial charge on any atom is -0.359 e. The maximum absolute atomic E-state index is 12.5. The van der Waals surface area contributed by atoms with E-state index >= 15 is 0 Å². The summed E-state index contributed by atoms with van der Waals surface area (Å²) in [5, 5.41) is 9.50. The lowest BCUT2D eigenvalue weighted by Crippen LogP contribution is -2.44. The summed E-state index contributed by atoms with van der Waals surface area (Å²) < 4.78 is 5.08. The molecular formula is C16H20N4O3S. The van der Waals surface area contributed by atoms with E-state index in [1.165, 1.54) is 0 Å². The van der Waals surface area contributed by atoms with E-state index < -0.39 is 11.8 Å². The fourth-order valence-electron chi connectivity index (χ4n) is 2.93. The van der Waals surface area contributed by atoms with Gasteiger partial charge in [0, 0.05) is 30.6 Å². The molecule has 1 aliphatic heterocycles. The predicted octanol–water partition coefficient (Wildman–Crippen LogP) is 2.35. The van der Waals surface area contributed by atoms with Crippen molar-refractivity contribution in [2.75, 3.05) is 18.4 Å². The van der Waals surface area contributed by atoms with Gasteiger partial charge >= 0.3 is 11.8 Å². The molecule has 128 valence electrons. The molecule has 2 aromatic rings. The Morgan fingerprint density at radius 3 is 3.04 bits per heavy atom. The van der Waals surface area contributed by atoms with Gasteiger partial charge in [0.15, 0.2) is 5.76 Å². The average molecular weight is 348 g/mol. The van der Waals surface area contributed by atoms with Crippen LogP contribution >= 0.6 is 11.3 Å². The maximum Gasteiger partial charge on any atom is 0.314 e. The van der Waals surface area contributed by atoms with Crippen molar-refractivity contribution in [2.24, 2.45) is 0 Å². The quantitative estimate of drug-likeness (QED) is 0.860. The summed E-state index contributed by atoms with van der Waals surface area (Å²) in [6.07, 6.45) is 4.25. The Morgan fingerprint density at radius 1 is 1.50 bits per heavy atom. The second-order valence-corrected chi connectivity index (χ2v) is 6.75. The lowest BCUT2D eigenvalue weighted by molar-refractivity contribution is -0.144. The molecule has 2 aromatic heterocycles. The van der Waals surface area contributed by atoms with Gasteiger partial charge in [-0.25, -0.2) is 4.98 Å². The van der Waals surface area contributed by atoms with Crippen LogP contribution in [-0.4, -0.2) is 39.9 Å². The molecule has 1 atom stereocenters. The van der Waals surface area contributed by atoms with Gasteiger partial charge in [-0.15, -0.1) is 11.3 Å². The largest absolute Gasteiger partial charge is 0.359 e. The first-order chi connectivity index (χ1) is 11.6. The number of hydrogen-bond acceptors (Lipinski definition) is 6. The van der Waals surface area contributed by atoms with Crippen LogP contribution in [0, 0.1) is 6.92 Å². The summed E-state index contributed by atoms with van der Waals surface area (Å²) in [7, 11) is 0. The third-order valence-corrected chi connectivity index (χ3v) is 5.15. The minimum absolute atomic E-state index is 0.207. The van der Waals surface area contributed by atoms with E-state index in [0.717, 1.165) is 17.8 Å². The van der Waals surface area contributed by atoms with E-state index in [0.29, 0.717) is 36.7 Å². The zero-order valence-corrected chi connectivity index (χ0v) is 14.6. The monoisotopic (exact) mass is 348 g/mol. The Balaban J connectivity index is 1.67. The number of likely N-dealkylation sites (tertiary alicyclic amines) is 1. The molecule has 3 heterocycles. The van der Waals surface area contributed by atoms with Gasteiger partial charge in [-0.2, -0.15) is 0 Å². The van der Waals surface area contributed by atoms with Gasteiger partial charge in [0.25, 0.3) is 0 Å². The van der Waals surface area contributed by atoms with E-state index in [9.17, 15) is 9.59 Å². The second-order valence-electron chi connectivity index (χ2n) is 5.83. The first-order valence-corrected chi connectivity index (χ1v) is 8.93. The molecule has 0 radical (unpaired) electrons. The molecule has 0 spiro atoms. The first-order valence-electron chi connectivity index (χ1n) is 8.05. The van der Waals surface area contributed by atoms with E-state index in [4.69, 9.17) is 4.52 Å². The maximum atomic E-state index is 12.5. The van der Waals surface area contributed by atoms with Gasteiger partial charge in [-0.3, -0.25) is 9.59 Å². The number of amides is 2. The molecule has 0 saturated carbocycles. The molecule has 8 heteroatoms. The summed E-state index contributed by atoms with van der Waals surface area (Å²) in [6.45, 7) is 4.75. The second kappa shape index (κ2) is 7.12. The van der Waals surface area contributed by atoms with Crippen LogP contribution < -0.4 is 5.32 Å². The van der Waals surface area contributed by atoms with Crippen molar-refractivity contribution in [3.63, 3.8) is 0 Å². The van der Waals surface area contributed by atoms with Crippen LogP contribution in [0.1, 0.15) is 42.1 Å². The van der Waals surface area contributed by atoms with E-state index in [-0.39, 0.29) is 5.92 Å². The predicted molar refractivity (Wildman–Crippen MR) is 89.9 cm³/mol. The van der Waals surface area contributed by atoms with Crippen LogP contribution in [0.5, 0.6) is 0 Å². The number of carbonyl (C=O) groups is 2. The van der Waals surface area contributed by atoms with Crippen LogP contribution in [0.25, 0.3) is 0 Å². The van der Waals surface area contributed by atoms with Crippen LogP contribution in [-0.2, 0) is 16.0 Å². The fraction of sp³-hybridized carbons (Fsp3) is 0.500. The molecule has 0 bridgehead atoms. The van der Waals surface area contributed by atoms with Gasteiger partial charge in [-0.1, -0.05) is 12.1 Å². The molecule has 1 saturated heterocycles. The highest BCUT2D eigenvalue weighted by Gasteiger charge is 2.30. The number of nitrogens with one attached hydrogen (secondary N) is 1. The smallest absolute Gasteiger partial charge is 0.314 e. The zero-order valence-electron chi connectivity index (χ0n) is 13.7. The third kappa shape index (κ3) is 3.33. The van der Waals surface area contributed by atoms with Gasteiger partial charge in [0.2, 0.25) is 0 Å². The fourth-order valence-corrected chi connectivity index (χ4v) is 3.70. The summed E-state index contributed by atoms with van der Waals surface area (Å²) >= 11 is 1.59. The topological polar surface area (TPSA) is 88.3 Å². The average Bonchev–Trinajstić information content (AvgIpc) is 3.25. The number of aromatic nitrogens is 2. The number of rotatable bonds is 3. The van der Waals surface area contributed by atoms with Gasteiger partial charge < -0.3 is 14.7 Å². The molecular weight excluding hydrogens is 328 g/mol. The summed E-state index contributed by atoms with van der Waals surface area (Å²) in [5.74, 6) is -0.443. The molecule has 1 aliphatic rings. The van der Waals surface area contributed by atoms with Crippen molar-refractivity contribution in [2.45, 2.75) is 39.0 Å². The Bertz CT molecular complexity index is 726. The van der Waals surface area contributed by atoms with Crippen LogP contribution in [0.4, 0.5) is 5.69 Å². The number of piperidine rings is 1. The molecule has 7 nitrogen and oxygen atoms in total. The first kappa shape index (κ1) is 16.6. The van der Waals surface area contributed by atoms with Crippen LogP contribution in [0.3, 0.4) is 0 Å². The van der Waals surface area contributed by atoms with Crippen molar-refractivity contribution in [3.05, 3.63) is 28.0 Å². The molecule has 24 heavy (non-hydrogen) atoms. The third-order valence-electron chi connectivity index (χ3n) is 4.21. The number of thiazole rings is 1. The summed E-state index contributed by atoms with van der Waals surface area (Å²) in [5.41, 5.74) is 1.15. The minimum atomic E-state index is -0.643. The molecule has 0 aromatic carbocycles. The Morgan fingerprint density at radius 2 is 2.33 bits per heavy atom. The van der Waals surface area contributed by atoms with E-state index in [1.54, 1.807) is 29.4 Å². The van der Waals surface area contributed by atoms with Crippen molar-refractivity contribution < 1.29 is 14.1 Å². The summed E-state index contributed by atoms with van der Waals surface area (Å²) in [6, 6.07) is 0. The Kier molecular flexibility index (Phi) is 4.94. The Hall–Kier alpha value is -2.22. The highest BCUT2D eigenvalue weighted by molar-refractivity contribution is 7.09. The van der Waals surface area contributed by atoms with Crippen molar-refractivity contribution in [1.82, 2.24) is 15.0 Å². The van der Waals surface area contributed by atoms with E-state index in [2.05, 4.69) is 15.5 Å². The molecule has 1 fully saturated rings. The standard InChI is InChI=1S/C16H20N4O3S/c1-3-12-13(10(2)23-19-12)18-14(21)16(22)20-7-4-5-11(9-20)15-17-6-8-24-15/h6,8,11H,3-5,7,9H2,1-2H3,(H,18,21)/t11-/m1/s1. The number of aryl methyl sites for hydroxylation is 2. The number of anilines is 1. The highest BCUT2D eigenvalue weighted by Crippen LogP contribution is 2.28. The lowest BCUT2D eigenvalue weighted by atomic mass is 9.98. The van der Waals surface area contributed by atoms with Crippen molar-refractivity contribution >= 4 is 28.8 Å². The van der Waals surface area contributed by atoms with E-state index in [1.807, 2.05) is 12.3 Å². The number of carbonyl (C=O) groups excluding carboxylic acids is 2. The highest BCUT2D eigenvalue weighted by atomic mass is 32.1. The number of hydrogen-bond donors (Lipinski definition) is 1. The summed E-state index contributed by atoms with van der Waals surface area (Å²) in [4.78, 5) is 30.8. The van der Waals surface area contributed by atoms with Crippen molar-refractivity contribution in [3.8, 4) is 0 Å². The van der Waals surface area contributed by atoms with Gasteiger partial charge in [-0.05, 0) is 26.2 Å². The molecule has 0 unspecified atom stereocenters. The van der Waals surface area contributed by atoms with Crippen molar-refractivity contribution in [1.29, 1.82) is 0 Å². The van der Waals surface area contributed by atoms with Gasteiger partial charge in [0.1, 0.15) is 11.4 Å². The normalized spacial score (nSPS) is 17.8. The number of nitrogens with zero attached hydrogens (tertiary/aromatic N) is 3. The van der Waals surface area contributed by atoms with Gasteiger partial charge in [0.05, 0.1) is 5.01 Å². The zero-order chi connectivity index (χ0) is 17.1. The van der Waals surface area contributed by atoms with Crippen LogP contribution in [0.2, 0.25) is 0 Å². The molecule has 3 rings (SSSR count). The Labute approximate surface area is 144 Å². The molecule has 1 N–H and O–H groups in total. The SMILES string of the molecule is CCc1noc(C)c1NC(=O)C(=O)N1CCC[C@@H](c2nccs2)C1.